The Bertz CT molecular complexity index is 1310. The molecular formula is C26H24N4O2S. The van der Waals surface area contributed by atoms with Gasteiger partial charge in [-0.25, -0.2) is 4.79 Å². The van der Waals surface area contributed by atoms with Gasteiger partial charge >= 0.3 is 6.03 Å². The summed E-state index contributed by atoms with van der Waals surface area (Å²) in [5, 5.41) is 12.1. The van der Waals surface area contributed by atoms with Crippen LogP contribution >= 0.6 is 11.8 Å². The number of hydrogen-bond acceptors (Lipinski definition) is 4. The summed E-state index contributed by atoms with van der Waals surface area (Å²) in [6.07, 6.45) is 3.02. The standard InChI is InChI=1S/C26H24N4O2S/c1-33-22-7-5-19(6-8-22)23-9-10-24(31)30-15-18-11-20(25(23)30)16-29(14-18)26(32)28-21-4-2-3-17(12-21)13-27/h2-10,12,18,20H,11,14-16H2,1H3,(H,28,32). The fourth-order valence-corrected chi connectivity index (χ4v) is 5.47. The quantitative estimate of drug-likeness (QED) is 0.577. The van der Waals surface area contributed by atoms with E-state index in [9.17, 15) is 9.59 Å². The van der Waals surface area contributed by atoms with Crippen LogP contribution in [0.2, 0.25) is 0 Å². The van der Waals surface area contributed by atoms with Crippen molar-refractivity contribution in [3.63, 3.8) is 0 Å². The number of aromatic nitrogens is 1. The molecule has 0 aliphatic carbocycles. The van der Waals surface area contributed by atoms with E-state index in [0.29, 0.717) is 30.9 Å². The Morgan fingerprint density at radius 2 is 1.91 bits per heavy atom. The van der Waals surface area contributed by atoms with E-state index in [4.69, 9.17) is 5.26 Å². The maximum absolute atomic E-state index is 13.1. The fraction of sp³-hybridized carbons (Fsp3) is 0.269. The highest BCUT2D eigenvalue weighted by Crippen LogP contribution is 2.40. The Morgan fingerprint density at radius 1 is 1.09 bits per heavy atom. The molecule has 2 aliphatic rings. The van der Waals surface area contributed by atoms with Crippen molar-refractivity contribution in [3.05, 3.63) is 82.3 Å². The van der Waals surface area contributed by atoms with E-state index in [2.05, 4.69) is 41.9 Å². The normalized spacial score (nSPS) is 18.8. The number of pyridine rings is 1. The van der Waals surface area contributed by atoms with Crippen LogP contribution in [-0.2, 0) is 6.54 Å². The minimum absolute atomic E-state index is 0.0235. The summed E-state index contributed by atoms with van der Waals surface area (Å²) in [5.41, 5.74) is 4.32. The highest BCUT2D eigenvalue weighted by Gasteiger charge is 2.37. The molecule has 1 saturated heterocycles. The molecular weight excluding hydrogens is 432 g/mol. The van der Waals surface area contributed by atoms with Gasteiger partial charge in [0, 0.05) is 53.5 Å². The third kappa shape index (κ3) is 4.14. The van der Waals surface area contributed by atoms with E-state index in [1.165, 1.54) is 4.90 Å². The van der Waals surface area contributed by atoms with E-state index in [1.807, 2.05) is 15.5 Å². The Balaban J connectivity index is 1.44. The number of piperidine rings is 1. The molecule has 1 aromatic heterocycles. The number of thioether (sulfide) groups is 1. The fourth-order valence-electron chi connectivity index (χ4n) is 5.06. The first kappa shape index (κ1) is 21.4. The molecule has 33 heavy (non-hydrogen) atoms. The van der Waals surface area contributed by atoms with Gasteiger partial charge in [0.1, 0.15) is 0 Å². The number of nitrogens with zero attached hydrogens (tertiary/aromatic N) is 3. The average Bonchev–Trinajstić information content (AvgIpc) is 2.84. The summed E-state index contributed by atoms with van der Waals surface area (Å²) >= 11 is 1.70. The minimum atomic E-state index is -0.169. The van der Waals surface area contributed by atoms with Crippen LogP contribution in [0.4, 0.5) is 10.5 Å². The lowest BCUT2D eigenvalue weighted by Gasteiger charge is -2.43. The van der Waals surface area contributed by atoms with E-state index >= 15 is 0 Å². The van der Waals surface area contributed by atoms with Crippen LogP contribution in [0, 0.1) is 17.2 Å². The summed E-state index contributed by atoms with van der Waals surface area (Å²) in [4.78, 5) is 28.8. The van der Waals surface area contributed by atoms with Gasteiger partial charge in [0.05, 0.1) is 11.6 Å². The Hall–Kier alpha value is -3.50. The van der Waals surface area contributed by atoms with Gasteiger partial charge in [-0.3, -0.25) is 4.79 Å². The second kappa shape index (κ2) is 8.80. The minimum Gasteiger partial charge on any atom is -0.324 e. The third-order valence-corrected chi connectivity index (χ3v) is 7.26. The molecule has 2 aliphatic heterocycles. The molecule has 2 bridgehead atoms. The number of anilines is 1. The maximum Gasteiger partial charge on any atom is 0.321 e. The summed E-state index contributed by atoms with van der Waals surface area (Å²) in [5.74, 6) is 0.331. The van der Waals surface area contributed by atoms with Gasteiger partial charge in [-0.2, -0.15) is 5.26 Å². The molecule has 3 heterocycles. The zero-order valence-electron chi connectivity index (χ0n) is 18.3. The van der Waals surface area contributed by atoms with E-state index in [0.717, 1.165) is 23.2 Å². The predicted octanol–water partition coefficient (Wildman–Crippen LogP) is 4.76. The zero-order chi connectivity index (χ0) is 22.9. The van der Waals surface area contributed by atoms with Crippen molar-refractivity contribution in [1.29, 1.82) is 5.26 Å². The number of rotatable bonds is 3. The number of likely N-dealkylation sites (tertiary alicyclic amines) is 1. The molecule has 2 amide bonds. The number of amides is 2. The summed E-state index contributed by atoms with van der Waals surface area (Å²) in [7, 11) is 0. The number of hydrogen-bond donors (Lipinski definition) is 1. The van der Waals surface area contributed by atoms with E-state index in [-0.39, 0.29) is 23.4 Å². The average molecular weight is 457 g/mol. The molecule has 0 spiro atoms. The van der Waals surface area contributed by atoms with Crippen molar-refractivity contribution < 1.29 is 4.79 Å². The van der Waals surface area contributed by atoms with Gasteiger partial charge in [0.2, 0.25) is 0 Å². The first-order chi connectivity index (χ1) is 16.1. The Labute approximate surface area is 196 Å². The molecule has 2 unspecified atom stereocenters. The van der Waals surface area contributed by atoms with Gasteiger partial charge in [-0.15, -0.1) is 11.8 Å². The van der Waals surface area contributed by atoms with Crippen LogP contribution in [0.5, 0.6) is 0 Å². The summed E-state index contributed by atoms with van der Waals surface area (Å²) in [6, 6.07) is 20.9. The van der Waals surface area contributed by atoms with Gasteiger partial charge in [0.25, 0.3) is 5.56 Å². The maximum atomic E-state index is 13.1. The number of nitriles is 1. The lowest BCUT2D eigenvalue weighted by atomic mass is 9.80. The third-order valence-electron chi connectivity index (χ3n) is 6.52. The lowest BCUT2D eigenvalue weighted by Crippen LogP contribution is -2.50. The van der Waals surface area contributed by atoms with Crippen LogP contribution in [0.25, 0.3) is 11.1 Å². The van der Waals surface area contributed by atoms with E-state index in [1.54, 1.807) is 42.1 Å². The van der Waals surface area contributed by atoms with Gasteiger partial charge < -0.3 is 14.8 Å². The molecule has 0 radical (unpaired) electrons. The molecule has 3 aromatic rings. The van der Waals surface area contributed by atoms with Gasteiger partial charge in [-0.1, -0.05) is 18.2 Å². The number of carbonyl (C=O) groups excluding carboxylic acids is 1. The van der Waals surface area contributed by atoms with Crippen molar-refractivity contribution in [2.45, 2.75) is 23.8 Å². The van der Waals surface area contributed by atoms with Crippen LogP contribution in [0.15, 0.2) is 70.4 Å². The molecule has 7 heteroatoms. The number of nitrogens with one attached hydrogen (secondary N) is 1. The van der Waals surface area contributed by atoms with Crippen molar-refractivity contribution in [2.24, 2.45) is 5.92 Å². The van der Waals surface area contributed by atoms with Gasteiger partial charge in [-0.05, 0) is 60.6 Å². The molecule has 1 N–H and O–H groups in total. The van der Waals surface area contributed by atoms with Gasteiger partial charge in [0.15, 0.2) is 0 Å². The second-order valence-electron chi connectivity index (χ2n) is 8.64. The molecule has 166 valence electrons. The monoisotopic (exact) mass is 456 g/mol. The Kier molecular flexibility index (Phi) is 5.69. The number of benzene rings is 2. The highest BCUT2D eigenvalue weighted by molar-refractivity contribution is 7.98. The highest BCUT2D eigenvalue weighted by atomic mass is 32.2. The lowest BCUT2D eigenvalue weighted by molar-refractivity contribution is 0.140. The van der Waals surface area contributed by atoms with Crippen molar-refractivity contribution >= 4 is 23.5 Å². The SMILES string of the molecule is CSc1ccc(-c2ccc(=O)n3c2C2CC(CN(C(=O)Nc4cccc(C#N)c4)C2)C3)cc1. The van der Waals surface area contributed by atoms with E-state index < -0.39 is 0 Å². The number of urea groups is 1. The Morgan fingerprint density at radius 3 is 2.67 bits per heavy atom. The number of carbonyl (C=O) groups is 1. The van der Waals surface area contributed by atoms with Crippen LogP contribution in [0.1, 0.15) is 23.6 Å². The molecule has 5 rings (SSSR count). The first-order valence-corrected chi connectivity index (χ1v) is 12.2. The largest absolute Gasteiger partial charge is 0.324 e. The molecule has 2 aromatic carbocycles. The predicted molar refractivity (Wildman–Crippen MR) is 131 cm³/mol. The smallest absolute Gasteiger partial charge is 0.321 e. The molecule has 0 saturated carbocycles. The first-order valence-electron chi connectivity index (χ1n) is 11.0. The van der Waals surface area contributed by atoms with Crippen LogP contribution in [-0.4, -0.2) is 34.8 Å². The van der Waals surface area contributed by atoms with Crippen LogP contribution < -0.4 is 10.9 Å². The van der Waals surface area contributed by atoms with Crippen molar-refractivity contribution in [1.82, 2.24) is 9.47 Å². The summed E-state index contributed by atoms with van der Waals surface area (Å²) < 4.78 is 1.92. The molecule has 1 fully saturated rings. The topological polar surface area (TPSA) is 78.1 Å². The van der Waals surface area contributed by atoms with Crippen molar-refractivity contribution in [3.8, 4) is 17.2 Å². The van der Waals surface area contributed by atoms with Crippen LogP contribution in [0.3, 0.4) is 0 Å². The summed E-state index contributed by atoms with van der Waals surface area (Å²) in [6.45, 7) is 1.79. The zero-order valence-corrected chi connectivity index (χ0v) is 19.1. The second-order valence-corrected chi connectivity index (χ2v) is 9.52. The van der Waals surface area contributed by atoms with Crippen molar-refractivity contribution in [2.75, 3.05) is 24.7 Å². The molecule has 6 nitrogen and oxygen atoms in total. The number of fused-ring (bicyclic) bond motifs is 4. The molecule has 2 atom stereocenters.